The Hall–Kier alpha value is -0.770. The van der Waals surface area contributed by atoms with Crippen LogP contribution in [0.4, 0.5) is 0 Å². The molecule has 1 aliphatic heterocycles. The molecule has 1 saturated heterocycles. The van der Waals surface area contributed by atoms with Crippen molar-refractivity contribution in [3.05, 3.63) is 28.8 Å². The minimum atomic E-state index is 0.230. The van der Waals surface area contributed by atoms with E-state index in [1.54, 1.807) is 6.07 Å². The molecule has 1 aromatic carbocycles. The summed E-state index contributed by atoms with van der Waals surface area (Å²) in [5.41, 5.74) is 0.921. The quantitative estimate of drug-likeness (QED) is 0.920. The monoisotopic (exact) mass is 282 g/mol. The normalized spacial score (nSPS) is 18.1. The molecule has 1 fully saturated rings. The molecule has 2 rings (SSSR count). The zero-order valence-electron chi connectivity index (χ0n) is 11.8. The number of aromatic hydroxyl groups is 1. The molecule has 0 atom stereocenters. The number of phenolic OH excluding ortho intramolecular Hbond substituents is 1. The van der Waals surface area contributed by atoms with Gasteiger partial charge in [0.15, 0.2) is 0 Å². The summed E-state index contributed by atoms with van der Waals surface area (Å²) in [5.74, 6) is 0.956. The van der Waals surface area contributed by atoms with Crippen LogP contribution < -0.4 is 0 Å². The van der Waals surface area contributed by atoms with E-state index in [2.05, 4.69) is 23.6 Å². The maximum Gasteiger partial charge on any atom is 0.138 e. The van der Waals surface area contributed by atoms with Gasteiger partial charge in [-0.15, -0.1) is 0 Å². The lowest BCUT2D eigenvalue weighted by atomic mass is 10.1. The van der Waals surface area contributed by atoms with Gasteiger partial charge >= 0.3 is 0 Å². The number of rotatable bonds is 4. The van der Waals surface area contributed by atoms with E-state index in [0.29, 0.717) is 5.02 Å². The van der Waals surface area contributed by atoms with Crippen molar-refractivity contribution in [3.63, 3.8) is 0 Å². The second-order valence-corrected chi connectivity index (χ2v) is 6.13. The van der Waals surface area contributed by atoms with Crippen molar-refractivity contribution < 1.29 is 5.11 Å². The molecular formula is C15H23ClN2O. The van der Waals surface area contributed by atoms with Gasteiger partial charge in [-0.05, 0) is 12.0 Å². The van der Waals surface area contributed by atoms with Crippen LogP contribution in [0.2, 0.25) is 5.02 Å². The second kappa shape index (κ2) is 6.60. The Balaban J connectivity index is 1.87. The molecule has 0 unspecified atom stereocenters. The number of piperazine rings is 1. The Bertz CT molecular complexity index is 415. The van der Waals surface area contributed by atoms with Crippen molar-refractivity contribution in [2.45, 2.75) is 20.4 Å². The number of para-hydroxylation sites is 1. The van der Waals surface area contributed by atoms with E-state index in [1.165, 1.54) is 6.54 Å². The van der Waals surface area contributed by atoms with Gasteiger partial charge in [-0.2, -0.15) is 0 Å². The lowest BCUT2D eigenvalue weighted by molar-refractivity contribution is 0.117. The number of hydrogen-bond acceptors (Lipinski definition) is 3. The van der Waals surface area contributed by atoms with Gasteiger partial charge in [0.1, 0.15) is 5.75 Å². The summed E-state index contributed by atoms with van der Waals surface area (Å²) in [6.07, 6.45) is 0. The van der Waals surface area contributed by atoms with Gasteiger partial charge in [0.2, 0.25) is 0 Å². The summed E-state index contributed by atoms with van der Waals surface area (Å²) in [5, 5.41) is 10.4. The van der Waals surface area contributed by atoms with Crippen molar-refractivity contribution in [2.75, 3.05) is 32.7 Å². The smallest absolute Gasteiger partial charge is 0.138 e. The van der Waals surface area contributed by atoms with Crippen LogP contribution in [0.5, 0.6) is 5.75 Å². The summed E-state index contributed by atoms with van der Waals surface area (Å²) in [6.45, 7) is 10.8. The third-order valence-corrected chi connectivity index (χ3v) is 3.86. The molecule has 3 nitrogen and oxygen atoms in total. The Morgan fingerprint density at radius 1 is 1.16 bits per heavy atom. The molecule has 0 aliphatic carbocycles. The predicted molar refractivity (Wildman–Crippen MR) is 79.7 cm³/mol. The lowest BCUT2D eigenvalue weighted by Crippen LogP contribution is -2.46. The van der Waals surface area contributed by atoms with Crippen LogP contribution >= 0.6 is 11.6 Å². The van der Waals surface area contributed by atoms with E-state index in [4.69, 9.17) is 11.6 Å². The average Bonchev–Trinajstić information content (AvgIpc) is 2.37. The molecular weight excluding hydrogens is 260 g/mol. The van der Waals surface area contributed by atoms with Crippen molar-refractivity contribution >= 4 is 11.6 Å². The van der Waals surface area contributed by atoms with Gasteiger partial charge in [0, 0.05) is 44.8 Å². The molecule has 1 aliphatic rings. The van der Waals surface area contributed by atoms with E-state index < -0.39 is 0 Å². The minimum absolute atomic E-state index is 0.230. The maximum atomic E-state index is 9.93. The first-order chi connectivity index (χ1) is 9.06. The van der Waals surface area contributed by atoms with Crippen LogP contribution in [0, 0.1) is 5.92 Å². The molecule has 1 N–H and O–H groups in total. The van der Waals surface area contributed by atoms with Crippen LogP contribution in [0.15, 0.2) is 18.2 Å². The molecule has 4 heteroatoms. The number of phenols is 1. The van der Waals surface area contributed by atoms with Crippen LogP contribution in [-0.2, 0) is 6.54 Å². The van der Waals surface area contributed by atoms with Crippen LogP contribution in [-0.4, -0.2) is 47.6 Å². The van der Waals surface area contributed by atoms with E-state index in [1.807, 2.05) is 12.1 Å². The summed E-state index contributed by atoms with van der Waals surface area (Å²) in [4.78, 5) is 4.89. The van der Waals surface area contributed by atoms with Gasteiger partial charge in [0.25, 0.3) is 0 Å². The zero-order chi connectivity index (χ0) is 13.8. The van der Waals surface area contributed by atoms with E-state index in [-0.39, 0.29) is 5.75 Å². The van der Waals surface area contributed by atoms with E-state index in [9.17, 15) is 5.11 Å². The standard InChI is InChI=1S/C15H23ClN2O/c1-12(2)10-17-6-8-18(9-7-17)11-13-4-3-5-14(16)15(13)19/h3-5,12,19H,6-11H2,1-2H3. The van der Waals surface area contributed by atoms with E-state index in [0.717, 1.165) is 44.2 Å². The highest BCUT2D eigenvalue weighted by Gasteiger charge is 2.18. The molecule has 1 aromatic rings. The van der Waals surface area contributed by atoms with Crippen LogP contribution in [0.1, 0.15) is 19.4 Å². The fourth-order valence-corrected chi connectivity index (χ4v) is 2.77. The highest BCUT2D eigenvalue weighted by Crippen LogP contribution is 2.28. The fraction of sp³-hybridized carbons (Fsp3) is 0.600. The number of halogens is 1. The molecule has 0 bridgehead atoms. The molecule has 0 saturated carbocycles. The van der Waals surface area contributed by atoms with Gasteiger partial charge < -0.3 is 10.0 Å². The third-order valence-electron chi connectivity index (χ3n) is 3.55. The molecule has 1 heterocycles. The molecule has 0 radical (unpaired) electrons. The molecule has 0 aromatic heterocycles. The topological polar surface area (TPSA) is 26.7 Å². The maximum absolute atomic E-state index is 9.93. The van der Waals surface area contributed by atoms with Crippen molar-refractivity contribution in [3.8, 4) is 5.75 Å². The number of hydrogen-bond donors (Lipinski definition) is 1. The van der Waals surface area contributed by atoms with Crippen molar-refractivity contribution in [1.82, 2.24) is 9.80 Å². The highest BCUT2D eigenvalue weighted by molar-refractivity contribution is 6.32. The predicted octanol–water partition coefficient (Wildman–Crippen LogP) is 2.82. The van der Waals surface area contributed by atoms with Crippen LogP contribution in [0.3, 0.4) is 0 Å². The molecule has 0 amide bonds. The Kier molecular flexibility index (Phi) is 5.08. The van der Waals surface area contributed by atoms with Gasteiger partial charge in [-0.1, -0.05) is 37.6 Å². The second-order valence-electron chi connectivity index (χ2n) is 5.72. The highest BCUT2D eigenvalue weighted by atomic mass is 35.5. The average molecular weight is 283 g/mol. The largest absolute Gasteiger partial charge is 0.506 e. The van der Waals surface area contributed by atoms with Gasteiger partial charge in [-0.25, -0.2) is 0 Å². The first kappa shape index (κ1) is 14.6. The Morgan fingerprint density at radius 3 is 2.42 bits per heavy atom. The first-order valence-electron chi connectivity index (χ1n) is 6.97. The fourth-order valence-electron chi connectivity index (χ4n) is 2.57. The molecule has 0 spiro atoms. The summed E-state index contributed by atoms with van der Waals surface area (Å²) >= 11 is 5.94. The summed E-state index contributed by atoms with van der Waals surface area (Å²) in [6, 6.07) is 5.56. The summed E-state index contributed by atoms with van der Waals surface area (Å²) < 4.78 is 0. The number of benzene rings is 1. The summed E-state index contributed by atoms with van der Waals surface area (Å²) in [7, 11) is 0. The third kappa shape index (κ3) is 4.10. The Labute approximate surface area is 120 Å². The zero-order valence-corrected chi connectivity index (χ0v) is 12.5. The van der Waals surface area contributed by atoms with Gasteiger partial charge in [-0.3, -0.25) is 4.90 Å². The lowest BCUT2D eigenvalue weighted by Gasteiger charge is -2.35. The first-order valence-corrected chi connectivity index (χ1v) is 7.35. The minimum Gasteiger partial charge on any atom is -0.506 e. The van der Waals surface area contributed by atoms with Crippen molar-refractivity contribution in [2.24, 2.45) is 5.92 Å². The SMILES string of the molecule is CC(C)CN1CCN(Cc2cccc(Cl)c2O)CC1. The van der Waals surface area contributed by atoms with Crippen molar-refractivity contribution in [1.29, 1.82) is 0 Å². The van der Waals surface area contributed by atoms with Gasteiger partial charge in [0.05, 0.1) is 5.02 Å². The molecule has 19 heavy (non-hydrogen) atoms. The van der Waals surface area contributed by atoms with E-state index >= 15 is 0 Å². The Morgan fingerprint density at radius 2 is 1.79 bits per heavy atom. The number of nitrogens with zero attached hydrogens (tertiary/aromatic N) is 2. The van der Waals surface area contributed by atoms with Crippen LogP contribution in [0.25, 0.3) is 0 Å². The molecule has 106 valence electrons.